The lowest BCUT2D eigenvalue weighted by Crippen LogP contribution is -2.10. The highest BCUT2D eigenvalue weighted by Gasteiger charge is 2.16. The molecule has 0 N–H and O–H groups in total. The second-order valence-corrected chi connectivity index (χ2v) is 6.59. The van der Waals surface area contributed by atoms with Crippen LogP contribution in [0.3, 0.4) is 0 Å². The van der Waals surface area contributed by atoms with Crippen molar-refractivity contribution in [2.45, 2.75) is 27.7 Å². The van der Waals surface area contributed by atoms with Gasteiger partial charge in [-0.3, -0.25) is 0 Å². The Hall–Kier alpha value is -2.87. The van der Waals surface area contributed by atoms with Gasteiger partial charge in [0.2, 0.25) is 0 Å². The fourth-order valence-electron chi connectivity index (χ4n) is 3.16. The predicted octanol–water partition coefficient (Wildman–Crippen LogP) is 5.81. The molecule has 25 heavy (non-hydrogen) atoms. The third-order valence-corrected chi connectivity index (χ3v) is 4.16. The molecule has 0 fully saturated rings. The summed E-state index contributed by atoms with van der Waals surface area (Å²) >= 11 is 0. The van der Waals surface area contributed by atoms with E-state index < -0.39 is 0 Å². The molecule has 0 aliphatic carbocycles. The normalized spacial score (nSPS) is 10.6. The predicted molar refractivity (Wildman–Crippen MR) is 102 cm³/mol. The summed E-state index contributed by atoms with van der Waals surface area (Å²) in [5.74, 6) is 0.294. The van der Waals surface area contributed by atoms with Gasteiger partial charge in [0.25, 0.3) is 0 Å². The summed E-state index contributed by atoms with van der Waals surface area (Å²) in [6.07, 6.45) is 0. The largest absolute Gasteiger partial charge is 0.422 e. The molecule has 126 valence electrons. The molecule has 3 aromatic carbocycles. The quantitative estimate of drug-likeness (QED) is 0.448. The van der Waals surface area contributed by atoms with E-state index in [-0.39, 0.29) is 5.97 Å². The van der Waals surface area contributed by atoms with E-state index in [1.54, 1.807) is 12.1 Å². The number of esters is 1. The van der Waals surface area contributed by atoms with Crippen LogP contribution in [-0.2, 0) is 0 Å². The summed E-state index contributed by atoms with van der Waals surface area (Å²) in [7, 11) is 0. The van der Waals surface area contributed by atoms with Gasteiger partial charge >= 0.3 is 5.97 Å². The van der Waals surface area contributed by atoms with Crippen LogP contribution in [0.15, 0.2) is 60.7 Å². The molecule has 0 aliphatic rings. The Labute approximate surface area is 149 Å². The Morgan fingerprint density at radius 3 is 2.00 bits per heavy atom. The van der Waals surface area contributed by atoms with E-state index in [1.165, 1.54) is 11.1 Å². The highest BCUT2D eigenvalue weighted by Crippen LogP contribution is 2.35. The number of hydrogen-bond acceptors (Lipinski definition) is 2. The van der Waals surface area contributed by atoms with Crippen LogP contribution >= 0.6 is 0 Å². The van der Waals surface area contributed by atoms with Crippen LogP contribution in [0.4, 0.5) is 0 Å². The molecule has 0 spiro atoms. The maximum absolute atomic E-state index is 12.5. The van der Waals surface area contributed by atoms with Gasteiger partial charge in [0.05, 0.1) is 5.56 Å². The van der Waals surface area contributed by atoms with Crippen molar-refractivity contribution in [1.82, 2.24) is 0 Å². The van der Waals surface area contributed by atoms with Crippen LogP contribution in [0.1, 0.15) is 32.6 Å². The molecule has 0 bridgehead atoms. The van der Waals surface area contributed by atoms with E-state index in [1.807, 2.05) is 31.2 Å². The van der Waals surface area contributed by atoms with Gasteiger partial charge in [-0.1, -0.05) is 53.6 Å². The minimum Gasteiger partial charge on any atom is -0.422 e. The monoisotopic (exact) mass is 330 g/mol. The van der Waals surface area contributed by atoms with E-state index in [2.05, 4.69) is 45.0 Å². The lowest BCUT2D eigenvalue weighted by atomic mass is 9.96. The fourth-order valence-corrected chi connectivity index (χ4v) is 3.16. The number of hydrogen-bond donors (Lipinski definition) is 0. The van der Waals surface area contributed by atoms with Crippen molar-refractivity contribution in [3.63, 3.8) is 0 Å². The summed E-state index contributed by atoms with van der Waals surface area (Å²) in [5, 5.41) is 0. The maximum Gasteiger partial charge on any atom is 0.343 e. The van der Waals surface area contributed by atoms with Crippen molar-refractivity contribution < 1.29 is 9.53 Å². The van der Waals surface area contributed by atoms with Gasteiger partial charge in [-0.15, -0.1) is 0 Å². The molecule has 0 aromatic heterocycles. The van der Waals surface area contributed by atoms with Crippen molar-refractivity contribution >= 4 is 5.97 Å². The molecule has 0 saturated carbocycles. The number of benzene rings is 3. The Morgan fingerprint density at radius 2 is 1.36 bits per heavy atom. The van der Waals surface area contributed by atoms with Crippen LogP contribution in [-0.4, -0.2) is 5.97 Å². The molecular formula is C23H22O2. The number of carbonyl (C=O) groups is 1. The molecule has 3 rings (SSSR count). The molecule has 0 atom stereocenters. The topological polar surface area (TPSA) is 26.3 Å². The fraction of sp³-hybridized carbons (Fsp3) is 0.174. The third-order valence-electron chi connectivity index (χ3n) is 4.16. The van der Waals surface area contributed by atoms with Crippen LogP contribution in [0.25, 0.3) is 11.1 Å². The van der Waals surface area contributed by atoms with Gasteiger partial charge in [-0.25, -0.2) is 4.79 Å². The second-order valence-electron chi connectivity index (χ2n) is 6.59. The zero-order valence-electron chi connectivity index (χ0n) is 15.1. The van der Waals surface area contributed by atoms with Gasteiger partial charge in [-0.2, -0.15) is 0 Å². The van der Waals surface area contributed by atoms with Crippen LogP contribution in [0.2, 0.25) is 0 Å². The Morgan fingerprint density at radius 1 is 0.760 bits per heavy atom. The minimum atomic E-state index is -0.335. The smallest absolute Gasteiger partial charge is 0.343 e. The molecule has 2 nitrogen and oxygen atoms in total. The standard InChI is InChI=1S/C23H22O2/c1-15-10-16(2)13-20(12-15)21-14-17(3)11-18(4)22(21)25-23(24)19-8-6-5-7-9-19/h5-14H,1-4H3. The lowest BCUT2D eigenvalue weighted by Gasteiger charge is -2.15. The van der Waals surface area contributed by atoms with Crippen molar-refractivity contribution in [2.75, 3.05) is 0 Å². The molecular weight excluding hydrogens is 308 g/mol. The van der Waals surface area contributed by atoms with Crippen LogP contribution in [0.5, 0.6) is 5.75 Å². The van der Waals surface area contributed by atoms with E-state index in [9.17, 15) is 4.79 Å². The SMILES string of the molecule is Cc1cc(C)cc(-c2cc(C)cc(C)c2OC(=O)c2ccccc2)c1. The summed E-state index contributed by atoms with van der Waals surface area (Å²) in [4.78, 5) is 12.5. The minimum absolute atomic E-state index is 0.335. The van der Waals surface area contributed by atoms with E-state index in [0.717, 1.165) is 22.3 Å². The first-order chi connectivity index (χ1) is 11.9. The zero-order chi connectivity index (χ0) is 18.0. The Bertz CT molecular complexity index is 904. The Kier molecular flexibility index (Phi) is 4.71. The molecule has 0 unspecified atom stereocenters. The molecule has 0 saturated heterocycles. The number of rotatable bonds is 3. The van der Waals surface area contributed by atoms with Gasteiger partial charge < -0.3 is 4.74 Å². The summed E-state index contributed by atoms with van der Waals surface area (Å²) in [6.45, 7) is 8.19. The molecule has 0 amide bonds. The first kappa shape index (κ1) is 17.0. The first-order valence-corrected chi connectivity index (χ1v) is 8.41. The number of carbonyl (C=O) groups excluding carboxylic acids is 1. The van der Waals surface area contributed by atoms with Crippen molar-refractivity contribution in [3.8, 4) is 16.9 Å². The van der Waals surface area contributed by atoms with Gasteiger partial charge in [0, 0.05) is 5.56 Å². The molecule has 0 heterocycles. The summed E-state index contributed by atoms with van der Waals surface area (Å²) in [6, 6.07) is 19.6. The van der Waals surface area contributed by atoms with Crippen molar-refractivity contribution in [2.24, 2.45) is 0 Å². The number of ether oxygens (including phenoxy) is 1. The molecule has 0 aliphatic heterocycles. The van der Waals surface area contributed by atoms with Gasteiger partial charge in [0.1, 0.15) is 5.75 Å². The molecule has 0 radical (unpaired) electrons. The van der Waals surface area contributed by atoms with E-state index >= 15 is 0 Å². The van der Waals surface area contributed by atoms with Crippen molar-refractivity contribution in [3.05, 3.63) is 88.5 Å². The van der Waals surface area contributed by atoms with Gasteiger partial charge in [0.15, 0.2) is 0 Å². The maximum atomic E-state index is 12.5. The average Bonchev–Trinajstić information content (AvgIpc) is 2.56. The van der Waals surface area contributed by atoms with Gasteiger partial charge in [-0.05, 0) is 62.6 Å². The first-order valence-electron chi connectivity index (χ1n) is 8.41. The molecule has 2 heteroatoms. The highest BCUT2D eigenvalue weighted by atomic mass is 16.5. The molecule has 3 aromatic rings. The summed E-state index contributed by atoms with van der Waals surface area (Å²) < 4.78 is 5.81. The van der Waals surface area contributed by atoms with Crippen LogP contribution < -0.4 is 4.74 Å². The second kappa shape index (κ2) is 6.94. The van der Waals surface area contributed by atoms with Crippen LogP contribution in [0, 0.1) is 27.7 Å². The summed E-state index contributed by atoms with van der Waals surface area (Å²) in [5.41, 5.74) is 7.05. The zero-order valence-corrected chi connectivity index (χ0v) is 15.1. The Balaban J connectivity index is 2.08. The van der Waals surface area contributed by atoms with E-state index in [0.29, 0.717) is 11.3 Å². The third kappa shape index (κ3) is 3.80. The lowest BCUT2D eigenvalue weighted by molar-refractivity contribution is 0.0734. The number of aryl methyl sites for hydroxylation is 4. The van der Waals surface area contributed by atoms with Crippen molar-refractivity contribution in [1.29, 1.82) is 0 Å². The average molecular weight is 330 g/mol. The highest BCUT2D eigenvalue weighted by molar-refractivity contribution is 5.92. The van der Waals surface area contributed by atoms with E-state index in [4.69, 9.17) is 4.74 Å².